The molecule has 0 aliphatic carbocycles. The Bertz CT molecular complexity index is 1080. The van der Waals surface area contributed by atoms with Crippen LogP contribution < -0.4 is 10.6 Å². The lowest BCUT2D eigenvalue weighted by Crippen LogP contribution is -2.39. The summed E-state index contributed by atoms with van der Waals surface area (Å²) in [5.41, 5.74) is -3.53. The summed E-state index contributed by atoms with van der Waals surface area (Å²) >= 11 is 0. The van der Waals surface area contributed by atoms with Crippen molar-refractivity contribution in [3.63, 3.8) is 0 Å². The Labute approximate surface area is 167 Å². The largest absolute Gasteiger partial charge is 0.421 e. The first kappa shape index (κ1) is 20.4. The van der Waals surface area contributed by atoms with Crippen molar-refractivity contribution in [2.75, 3.05) is 18.4 Å². The third-order valence-corrected chi connectivity index (χ3v) is 5.06. The SMILES string of the molecule is CC(O)(c1ccc2ncc(-c3nc(N[C@H]4CNCC4F)ncc3F)n2c1)C(F)(F)F. The first-order valence-electron chi connectivity index (χ1n) is 8.99. The molecular weight excluding hydrogens is 411 g/mol. The predicted molar refractivity (Wildman–Crippen MR) is 97.0 cm³/mol. The number of nitrogens with one attached hydrogen (secondary N) is 2. The average molecular weight is 428 g/mol. The third-order valence-electron chi connectivity index (χ3n) is 5.06. The molecule has 7 nitrogen and oxygen atoms in total. The molecule has 0 radical (unpaired) electrons. The van der Waals surface area contributed by atoms with E-state index >= 15 is 0 Å². The number of hydrogen-bond donors (Lipinski definition) is 3. The number of nitrogens with zero attached hydrogens (tertiary/aromatic N) is 4. The molecule has 0 amide bonds. The highest BCUT2D eigenvalue weighted by atomic mass is 19.4. The van der Waals surface area contributed by atoms with E-state index in [1.165, 1.54) is 16.7 Å². The normalized spacial score (nSPS) is 21.7. The number of alkyl halides is 4. The molecule has 12 heteroatoms. The standard InChI is InChI=1S/C18H17F5N6O/c1-17(30,18(21,22)23)9-2-3-14-25-7-13(29(14)8-9)15-11(20)5-26-16(28-15)27-12-6-24-4-10(12)19/h2-3,5,7-8,10,12,24,30H,4,6H2,1H3,(H,26,27,28)/t10?,12-,17?/m0/s1. The van der Waals surface area contributed by atoms with Gasteiger partial charge in [0.15, 0.2) is 11.4 Å². The smallest absolute Gasteiger partial charge is 0.376 e. The summed E-state index contributed by atoms with van der Waals surface area (Å²) in [4.78, 5) is 11.9. The fourth-order valence-electron chi connectivity index (χ4n) is 3.18. The number of pyridine rings is 1. The molecule has 4 rings (SSSR count). The van der Waals surface area contributed by atoms with Gasteiger partial charge in [0, 0.05) is 24.8 Å². The van der Waals surface area contributed by atoms with E-state index in [0.717, 1.165) is 18.5 Å². The Kier molecular flexibility index (Phi) is 4.85. The van der Waals surface area contributed by atoms with Crippen LogP contribution in [-0.4, -0.2) is 55.9 Å². The van der Waals surface area contributed by atoms with Crippen LogP contribution in [0, 0.1) is 5.82 Å². The second-order valence-electron chi connectivity index (χ2n) is 7.17. The molecule has 0 bridgehead atoms. The van der Waals surface area contributed by atoms with Crippen molar-refractivity contribution in [2.45, 2.75) is 30.9 Å². The number of fused-ring (bicyclic) bond motifs is 1. The van der Waals surface area contributed by atoms with Crippen LogP contribution in [-0.2, 0) is 5.60 Å². The summed E-state index contributed by atoms with van der Waals surface area (Å²) in [7, 11) is 0. The number of hydrogen-bond acceptors (Lipinski definition) is 6. The number of aromatic nitrogens is 4. The van der Waals surface area contributed by atoms with E-state index in [-0.39, 0.29) is 29.5 Å². The molecule has 3 aromatic rings. The van der Waals surface area contributed by atoms with Gasteiger partial charge < -0.3 is 15.7 Å². The maximum absolute atomic E-state index is 14.5. The van der Waals surface area contributed by atoms with Crippen LogP contribution in [0.2, 0.25) is 0 Å². The second kappa shape index (κ2) is 7.13. The maximum atomic E-state index is 14.5. The van der Waals surface area contributed by atoms with E-state index in [0.29, 0.717) is 13.5 Å². The number of halogens is 5. The minimum atomic E-state index is -4.92. The van der Waals surface area contributed by atoms with Crippen molar-refractivity contribution in [1.82, 2.24) is 24.7 Å². The highest BCUT2D eigenvalue weighted by Crippen LogP contribution is 2.38. The Hall–Kier alpha value is -2.86. The van der Waals surface area contributed by atoms with E-state index < -0.39 is 35.4 Å². The van der Waals surface area contributed by atoms with Crippen LogP contribution in [0.3, 0.4) is 0 Å². The van der Waals surface area contributed by atoms with Gasteiger partial charge in [0.2, 0.25) is 5.95 Å². The fourth-order valence-corrected chi connectivity index (χ4v) is 3.18. The van der Waals surface area contributed by atoms with Gasteiger partial charge in [-0.1, -0.05) is 6.07 Å². The van der Waals surface area contributed by atoms with Gasteiger partial charge in [0.25, 0.3) is 0 Å². The maximum Gasteiger partial charge on any atom is 0.421 e. The van der Waals surface area contributed by atoms with E-state index in [1.807, 2.05) is 0 Å². The zero-order chi connectivity index (χ0) is 21.7. The minimum Gasteiger partial charge on any atom is -0.376 e. The van der Waals surface area contributed by atoms with E-state index in [9.17, 15) is 27.1 Å². The van der Waals surface area contributed by atoms with Gasteiger partial charge in [0.05, 0.1) is 24.1 Å². The Morgan fingerprint density at radius 1 is 1.20 bits per heavy atom. The Morgan fingerprint density at radius 3 is 2.63 bits per heavy atom. The van der Waals surface area contributed by atoms with Gasteiger partial charge in [0.1, 0.15) is 17.5 Å². The van der Waals surface area contributed by atoms with Gasteiger partial charge in [-0.05, 0) is 13.0 Å². The lowest BCUT2D eigenvalue weighted by molar-refractivity contribution is -0.259. The molecule has 160 valence electrons. The molecule has 30 heavy (non-hydrogen) atoms. The first-order chi connectivity index (χ1) is 14.1. The Morgan fingerprint density at radius 2 is 1.97 bits per heavy atom. The summed E-state index contributed by atoms with van der Waals surface area (Å²) in [6.45, 7) is 1.13. The lowest BCUT2D eigenvalue weighted by Gasteiger charge is -2.26. The van der Waals surface area contributed by atoms with Crippen LogP contribution in [0.1, 0.15) is 12.5 Å². The molecule has 0 saturated carbocycles. The lowest BCUT2D eigenvalue weighted by atomic mass is 9.97. The van der Waals surface area contributed by atoms with Crippen molar-refractivity contribution in [3.05, 3.63) is 42.1 Å². The van der Waals surface area contributed by atoms with Crippen LogP contribution in [0.15, 0.2) is 30.7 Å². The molecule has 1 saturated heterocycles. The zero-order valence-electron chi connectivity index (χ0n) is 15.6. The Balaban J connectivity index is 1.76. The summed E-state index contributed by atoms with van der Waals surface area (Å²) in [5.74, 6) is -0.868. The van der Waals surface area contributed by atoms with E-state index in [4.69, 9.17) is 0 Å². The second-order valence-corrected chi connectivity index (χ2v) is 7.17. The molecule has 4 heterocycles. The molecular formula is C18H17F5N6O. The fraction of sp³-hybridized carbons (Fsp3) is 0.389. The molecule has 0 aromatic carbocycles. The van der Waals surface area contributed by atoms with Gasteiger partial charge >= 0.3 is 6.18 Å². The predicted octanol–water partition coefficient (Wildman–Crippen LogP) is 2.42. The molecule has 3 N–H and O–H groups in total. The average Bonchev–Trinajstić information content (AvgIpc) is 3.28. The van der Waals surface area contributed by atoms with Gasteiger partial charge in [-0.15, -0.1) is 0 Å². The van der Waals surface area contributed by atoms with Gasteiger partial charge in [-0.25, -0.2) is 23.7 Å². The number of rotatable bonds is 4. The quantitative estimate of drug-likeness (QED) is 0.554. The number of aliphatic hydroxyl groups is 1. The molecule has 1 aliphatic heterocycles. The van der Waals surface area contributed by atoms with Crippen molar-refractivity contribution in [3.8, 4) is 11.4 Å². The van der Waals surface area contributed by atoms with Crippen molar-refractivity contribution >= 4 is 11.6 Å². The zero-order valence-corrected chi connectivity index (χ0v) is 15.6. The van der Waals surface area contributed by atoms with E-state index in [2.05, 4.69) is 25.6 Å². The monoisotopic (exact) mass is 428 g/mol. The molecule has 3 atom stereocenters. The van der Waals surface area contributed by atoms with Crippen molar-refractivity contribution in [2.24, 2.45) is 0 Å². The molecule has 1 aliphatic rings. The minimum absolute atomic E-state index is 0.0313. The topological polar surface area (TPSA) is 87.4 Å². The van der Waals surface area contributed by atoms with Crippen LogP contribution >= 0.6 is 0 Å². The third kappa shape index (κ3) is 3.45. The van der Waals surface area contributed by atoms with Gasteiger partial charge in [-0.3, -0.25) is 4.40 Å². The number of anilines is 1. The number of imidazole rings is 1. The van der Waals surface area contributed by atoms with Crippen molar-refractivity contribution < 1.29 is 27.1 Å². The first-order valence-corrected chi connectivity index (χ1v) is 8.99. The summed E-state index contributed by atoms with van der Waals surface area (Å²) < 4.78 is 69.1. The molecule has 3 aromatic heterocycles. The van der Waals surface area contributed by atoms with Crippen LogP contribution in [0.4, 0.5) is 27.9 Å². The molecule has 2 unspecified atom stereocenters. The summed E-state index contributed by atoms with van der Waals surface area (Å²) in [6.07, 6.45) is -2.94. The van der Waals surface area contributed by atoms with Crippen molar-refractivity contribution in [1.29, 1.82) is 0 Å². The van der Waals surface area contributed by atoms with Gasteiger partial charge in [-0.2, -0.15) is 13.2 Å². The van der Waals surface area contributed by atoms with E-state index in [1.54, 1.807) is 0 Å². The summed E-state index contributed by atoms with van der Waals surface area (Å²) in [5, 5.41) is 15.6. The molecule has 1 fully saturated rings. The highest BCUT2D eigenvalue weighted by Gasteiger charge is 2.51. The highest BCUT2D eigenvalue weighted by molar-refractivity contribution is 5.62. The van der Waals surface area contributed by atoms with Crippen LogP contribution in [0.25, 0.3) is 17.0 Å². The summed E-state index contributed by atoms with van der Waals surface area (Å²) in [6, 6.07) is 1.77. The van der Waals surface area contributed by atoms with Crippen LogP contribution in [0.5, 0.6) is 0 Å². The molecule has 0 spiro atoms.